The van der Waals surface area contributed by atoms with Crippen LogP contribution < -0.4 is 4.90 Å². The van der Waals surface area contributed by atoms with E-state index in [0.717, 1.165) is 55.7 Å². The molecule has 0 spiro atoms. The smallest absolute Gasteiger partial charge is 0.160 e. The Morgan fingerprint density at radius 2 is 0.980 bits per heavy atom. The summed E-state index contributed by atoms with van der Waals surface area (Å²) in [7, 11) is 0. The minimum absolute atomic E-state index is 0.863. The average molecular weight is 670 g/mol. The normalized spacial score (nSPS) is 11.5. The van der Waals surface area contributed by atoms with Gasteiger partial charge in [0.25, 0.3) is 0 Å². The Bertz CT molecular complexity index is 2840. The zero-order chi connectivity index (χ0) is 33.7. The molecule has 0 radical (unpaired) electrons. The van der Waals surface area contributed by atoms with Crippen LogP contribution in [0.5, 0.6) is 0 Å². The maximum atomic E-state index is 6.94. The number of fused-ring (bicyclic) bond motifs is 6. The highest BCUT2D eigenvalue weighted by Gasteiger charge is 2.27. The summed E-state index contributed by atoms with van der Waals surface area (Å²) in [5.74, 6) is 0. The Kier molecular flexibility index (Phi) is 7.04. The predicted molar refractivity (Wildman–Crippen MR) is 218 cm³/mol. The molecule has 240 valence electrons. The van der Waals surface area contributed by atoms with E-state index in [1.165, 1.54) is 36.9 Å². The van der Waals surface area contributed by atoms with Crippen LogP contribution in [0.15, 0.2) is 192 Å². The van der Waals surface area contributed by atoms with Gasteiger partial charge in [0, 0.05) is 37.5 Å². The molecule has 0 amide bonds. The third-order valence-corrected chi connectivity index (χ3v) is 11.1. The molecular weight excluding hydrogens is 639 g/mol. The fourth-order valence-electron chi connectivity index (χ4n) is 7.52. The lowest BCUT2D eigenvalue weighted by atomic mass is 9.96. The highest BCUT2D eigenvalue weighted by atomic mass is 32.1. The van der Waals surface area contributed by atoms with E-state index in [4.69, 9.17) is 4.42 Å². The van der Waals surface area contributed by atoms with Crippen molar-refractivity contribution in [2.24, 2.45) is 0 Å². The van der Waals surface area contributed by atoms with Crippen molar-refractivity contribution in [3.8, 4) is 33.4 Å². The largest absolute Gasteiger partial charge is 0.454 e. The van der Waals surface area contributed by atoms with Gasteiger partial charge in [-0.05, 0) is 58.1 Å². The van der Waals surface area contributed by atoms with Crippen LogP contribution in [0, 0.1) is 0 Å². The molecule has 2 heterocycles. The quantitative estimate of drug-likeness (QED) is 0.175. The van der Waals surface area contributed by atoms with Crippen LogP contribution in [0.25, 0.3) is 75.5 Å². The van der Waals surface area contributed by atoms with E-state index in [1.54, 1.807) is 0 Å². The minimum Gasteiger partial charge on any atom is -0.454 e. The second-order valence-electron chi connectivity index (χ2n) is 12.9. The average Bonchev–Trinajstić information content (AvgIpc) is 3.79. The predicted octanol–water partition coefficient (Wildman–Crippen LogP) is 14.4. The van der Waals surface area contributed by atoms with Crippen LogP contribution in [-0.2, 0) is 0 Å². The lowest BCUT2D eigenvalue weighted by molar-refractivity contribution is 0.669. The minimum atomic E-state index is 0.863. The molecule has 51 heavy (non-hydrogen) atoms. The van der Waals surface area contributed by atoms with Gasteiger partial charge in [-0.25, -0.2) is 0 Å². The van der Waals surface area contributed by atoms with Crippen molar-refractivity contribution in [3.05, 3.63) is 188 Å². The number of furan rings is 1. The SMILES string of the molecule is c1ccc(-c2ccc(N(c3ccc(-c4ccccc4)c4c3oc3ccccc34)c3c(-c4ccccc4)ccc4c3sc3ccccc34)cc2)cc1. The van der Waals surface area contributed by atoms with Crippen molar-refractivity contribution in [3.63, 3.8) is 0 Å². The van der Waals surface area contributed by atoms with E-state index in [0.29, 0.717) is 0 Å². The van der Waals surface area contributed by atoms with Crippen LogP contribution in [0.1, 0.15) is 0 Å². The summed E-state index contributed by atoms with van der Waals surface area (Å²) in [4.78, 5) is 2.44. The molecule has 2 aromatic heterocycles. The van der Waals surface area contributed by atoms with Crippen molar-refractivity contribution in [2.45, 2.75) is 0 Å². The van der Waals surface area contributed by atoms with Gasteiger partial charge < -0.3 is 9.32 Å². The summed E-state index contributed by atoms with van der Waals surface area (Å²) < 4.78 is 9.45. The molecule has 0 saturated heterocycles. The summed E-state index contributed by atoms with van der Waals surface area (Å²) in [5, 5.41) is 4.74. The molecule has 10 rings (SSSR count). The Hall–Kier alpha value is -6.42. The number of nitrogens with zero attached hydrogens (tertiary/aromatic N) is 1. The molecule has 0 N–H and O–H groups in total. The van der Waals surface area contributed by atoms with Gasteiger partial charge >= 0.3 is 0 Å². The number of benzene rings is 8. The molecule has 0 aliphatic carbocycles. The van der Waals surface area contributed by atoms with Gasteiger partial charge in [0.05, 0.1) is 16.1 Å². The number of hydrogen-bond donors (Lipinski definition) is 0. The van der Waals surface area contributed by atoms with Crippen molar-refractivity contribution >= 4 is 70.5 Å². The molecule has 0 unspecified atom stereocenters. The Morgan fingerprint density at radius 1 is 0.412 bits per heavy atom. The lowest BCUT2D eigenvalue weighted by Crippen LogP contribution is -2.12. The monoisotopic (exact) mass is 669 g/mol. The van der Waals surface area contributed by atoms with E-state index in [-0.39, 0.29) is 0 Å². The fraction of sp³-hybridized carbons (Fsp3) is 0. The van der Waals surface area contributed by atoms with Crippen molar-refractivity contribution in [1.82, 2.24) is 0 Å². The molecule has 3 heteroatoms. The summed E-state index contributed by atoms with van der Waals surface area (Å²) in [6.45, 7) is 0. The molecule has 10 aromatic rings. The van der Waals surface area contributed by atoms with E-state index in [9.17, 15) is 0 Å². The van der Waals surface area contributed by atoms with E-state index in [1.807, 2.05) is 11.3 Å². The van der Waals surface area contributed by atoms with Gasteiger partial charge in [-0.3, -0.25) is 0 Å². The second-order valence-corrected chi connectivity index (χ2v) is 13.9. The zero-order valence-electron chi connectivity index (χ0n) is 27.7. The molecule has 0 fully saturated rings. The van der Waals surface area contributed by atoms with Crippen LogP contribution in [0.2, 0.25) is 0 Å². The highest BCUT2D eigenvalue weighted by Crippen LogP contribution is 2.52. The summed E-state index contributed by atoms with van der Waals surface area (Å²) in [6, 6.07) is 67.2. The Labute approximate surface area is 300 Å². The highest BCUT2D eigenvalue weighted by molar-refractivity contribution is 7.26. The van der Waals surface area contributed by atoms with Crippen LogP contribution in [-0.4, -0.2) is 0 Å². The number of thiophene rings is 1. The van der Waals surface area contributed by atoms with Crippen LogP contribution in [0.4, 0.5) is 17.1 Å². The first-order valence-electron chi connectivity index (χ1n) is 17.3. The van der Waals surface area contributed by atoms with Gasteiger partial charge in [0.1, 0.15) is 5.58 Å². The standard InChI is InChI=1S/C48H31NOS/c1-4-14-32(15-5-1)33-24-26-36(27-25-33)49(42-31-30-37(34-16-6-2-7-17-34)45-41-21-10-12-22-43(41)50-47(42)45)46-38(35-18-8-3-9-19-35)28-29-40-39-20-11-13-23-44(39)51-48(40)46/h1-31H. The molecule has 0 bridgehead atoms. The number of rotatable bonds is 6. The Morgan fingerprint density at radius 3 is 1.71 bits per heavy atom. The van der Waals surface area contributed by atoms with Gasteiger partial charge in [0.2, 0.25) is 0 Å². The van der Waals surface area contributed by atoms with E-state index in [2.05, 4.69) is 193 Å². The van der Waals surface area contributed by atoms with Crippen LogP contribution >= 0.6 is 11.3 Å². The Balaban J connectivity index is 1.32. The number of para-hydroxylation sites is 1. The number of hydrogen-bond acceptors (Lipinski definition) is 3. The second kappa shape index (κ2) is 12.2. The molecular formula is C48H31NOS. The van der Waals surface area contributed by atoms with Crippen LogP contribution in [0.3, 0.4) is 0 Å². The van der Waals surface area contributed by atoms with Crippen molar-refractivity contribution < 1.29 is 4.42 Å². The molecule has 0 aliphatic heterocycles. The molecule has 0 saturated carbocycles. The topological polar surface area (TPSA) is 16.4 Å². The van der Waals surface area contributed by atoms with E-state index >= 15 is 0 Å². The maximum Gasteiger partial charge on any atom is 0.160 e. The summed E-state index contributed by atoms with van der Waals surface area (Å²) in [6.07, 6.45) is 0. The van der Waals surface area contributed by atoms with Gasteiger partial charge in [-0.15, -0.1) is 11.3 Å². The lowest BCUT2D eigenvalue weighted by Gasteiger charge is -2.29. The zero-order valence-corrected chi connectivity index (χ0v) is 28.5. The molecule has 0 atom stereocenters. The summed E-state index contributed by atoms with van der Waals surface area (Å²) >= 11 is 1.85. The van der Waals surface area contributed by atoms with Gasteiger partial charge in [-0.2, -0.15) is 0 Å². The van der Waals surface area contributed by atoms with E-state index < -0.39 is 0 Å². The first-order valence-corrected chi connectivity index (χ1v) is 18.1. The molecule has 0 aliphatic rings. The first kappa shape index (κ1) is 29.5. The third kappa shape index (κ3) is 4.93. The van der Waals surface area contributed by atoms with Crippen molar-refractivity contribution in [2.75, 3.05) is 4.90 Å². The first-order chi connectivity index (χ1) is 25.3. The molecule has 8 aromatic carbocycles. The molecule has 2 nitrogen and oxygen atoms in total. The van der Waals surface area contributed by atoms with Gasteiger partial charge in [-0.1, -0.05) is 158 Å². The fourth-order valence-corrected chi connectivity index (χ4v) is 8.76. The van der Waals surface area contributed by atoms with Gasteiger partial charge in [0.15, 0.2) is 5.58 Å². The third-order valence-electron chi connectivity index (χ3n) is 9.89. The van der Waals surface area contributed by atoms with Crippen molar-refractivity contribution in [1.29, 1.82) is 0 Å². The number of anilines is 3. The summed E-state index contributed by atoms with van der Waals surface area (Å²) in [5.41, 5.74) is 12.0. The maximum absolute atomic E-state index is 6.94.